The summed E-state index contributed by atoms with van der Waals surface area (Å²) in [4.78, 5) is 10.9. The molecule has 1 aliphatic rings. The van der Waals surface area contributed by atoms with E-state index in [2.05, 4.69) is 0 Å². The summed E-state index contributed by atoms with van der Waals surface area (Å²) in [5, 5.41) is 9.11. The van der Waals surface area contributed by atoms with E-state index < -0.39 is 37.4 Å². The van der Waals surface area contributed by atoms with Crippen molar-refractivity contribution in [2.45, 2.75) is 37.0 Å². The van der Waals surface area contributed by atoms with Crippen LogP contribution in [-0.4, -0.2) is 59.6 Å². The molecule has 0 fully saturated rings. The van der Waals surface area contributed by atoms with Gasteiger partial charge in [0.25, 0.3) is 20.2 Å². The molecule has 2 aromatic carbocycles. The Morgan fingerprint density at radius 1 is 1.03 bits per heavy atom. The maximum atomic E-state index is 11.7. The van der Waals surface area contributed by atoms with Gasteiger partial charge in [0.05, 0.1) is 21.6 Å². The van der Waals surface area contributed by atoms with E-state index in [1.807, 2.05) is 18.4 Å². The number of rotatable bonds is 8. The first kappa shape index (κ1) is 24.1. The lowest BCUT2D eigenvalue weighted by molar-refractivity contribution is -0.438. The van der Waals surface area contributed by atoms with Gasteiger partial charge in [-0.05, 0) is 43.2 Å². The molecule has 32 heavy (non-hydrogen) atoms. The highest BCUT2D eigenvalue weighted by atomic mass is 32.2. The number of hydrogen-bond acceptors (Lipinski definition) is 5. The van der Waals surface area contributed by atoms with Gasteiger partial charge in [-0.25, -0.2) is 4.79 Å². The van der Waals surface area contributed by atoms with Gasteiger partial charge < -0.3 is 5.11 Å². The maximum Gasteiger partial charge on any atom is 0.335 e. The van der Waals surface area contributed by atoms with Crippen LogP contribution in [0.1, 0.15) is 41.8 Å². The Labute approximate surface area is 186 Å². The molecule has 1 heterocycles. The third-order valence-electron chi connectivity index (χ3n) is 5.90. The summed E-state index contributed by atoms with van der Waals surface area (Å²) in [5.41, 5.74) is 2.40. The minimum atomic E-state index is -4.44. The molecule has 0 aliphatic carbocycles. The topological polar surface area (TPSA) is 149 Å². The van der Waals surface area contributed by atoms with Crippen molar-refractivity contribution in [1.29, 1.82) is 0 Å². The number of hydrogen-bond donors (Lipinski definition) is 3. The molecule has 0 amide bonds. The van der Waals surface area contributed by atoms with E-state index in [9.17, 15) is 26.2 Å². The zero-order chi connectivity index (χ0) is 23.9. The molecule has 0 saturated carbocycles. The van der Waals surface area contributed by atoms with E-state index >= 15 is 0 Å². The lowest BCUT2D eigenvalue weighted by Gasteiger charge is -2.23. The van der Waals surface area contributed by atoms with Crippen LogP contribution in [0.25, 0.3) is 0 Å². The molecule has 0 radical (unpaired) electrons. The number of carboxylic acid groups (broad SMARTS) is 1. The average Bonchev–Trinajstić information content (AvgIpc) is 2.88. The molecule has 1 aliphatic heterocycles. The van der Waals surface area contributed by atoms with Gasteiger partial charge in [-0.2, -0.15) is 21.4 Å². The molecule has 0 saturated heterocycles. The molecule has 0 aromatic heterocycles. The third kappa shape index (κ3) is 4.90. The monoisotopic (exact) mass is 482 g/mol. The second kappa shape index (κ2) is 8.39. The first-order chi connectivity index (χ1) is 14.7. The molecular formula is C21H24NO8S2+. The molecule has 172 valence electrons. The molecule has 0 bridgehead atoms. The van der Waals surface area contributed by atoms with Gasteiger partial charge in [-0.1, -0.05) is 12.1 Å². The van der Waals surface area contributed by atoms with E-state index in [1.165, 1.54) is 24.3 Å². The largest absolute Gasteiger partial charge is 0.478 e. The maximum absolute atomic E-state index is 11.7. The van der Waals surface area contributed by atoms with Gasteiger partial charge in [0, 0.05) is 25.0 Å². The van der Waals surface area contributed by atoms with E-state index in [0.29, 0.717) is 17.7 Å². The highest BCUT2D eigenvalue weighted by molar-refractivity contribution is 7.86. The lowest BCUT2D eigenvalue weighted by Crippen LogP contribution is -2.33. The van der Waals surface area contributed by atoms with E-state index in [0.717, 1.165) is 11.3 Å². The van der Waals surface area contributed by atoms with Crippen molar-refractivity contribution >= 4 is 37.6 Å². The predicted octanol–water partition coefficient (Wildman–Crippen LogP) is 2.53. The summed E-state index contributed by atoms with van der Waals surface area (Å²) in [6.45, 7) is 4.03. The van der Waals surface area contributed by atoms with Crippen LogP contribution in [0.15, 0.2) is 47.4 Å². The van der Waals surface area contributed by atoms with Crippen LogP contribution in [-0.2, 0) is 32.1 Å². The number of aromatic carboxylic acids is 1. The smallest absolute Gasteiger partial charge is 0.335 e. The SMILES string of the molecule is CC1=[N+](CCCS(=O)(=O)O)c2ccc(S(=O)(=O)O)cc2C1(C)Cc1ccc(C(=O)O)cc1. The molecule has 3 N–H and O–H groups in total. The lowest BCUT2D eigenvalue weighted by atomic mass is 9.75. The van der Waals surface area contributed by atoms with E-state index in [1.54, 1.807) is 18.2 Å². The van der Waals surface area contributed by atoms with Gasteiger partial charge in [-0.15, -0.1) is 0 Å². The Kier molecular flexibility index (Phi) is 6.31. The normalized spacial score (nSPS) is 18.6. The quantitative estimate of drug-likeness (QED) is 0.384. The Morgan fingerprint density at radius 2 is 1.66 bits per heavy atom. The van der Waals surface area contributed by atoms with Crippen LogP contribution in [0, 0.1) is 0 Å². The van der Waals surface area contributed by atoms with Crippen LogP contribution < -0.4 is 0 Å². The van der Waals surface area contributed by atoms with Crippen molar-refractivity contribution in [3.05, 3.63) is 59.2 Å². The Hall–Kier alpha value is -2.60. The second-order valence-electron chi connectivity index (χ2n) is 8.04. The van der Waals surface area contributed by atoms with Crippen molar-refractivity contribution in [1.82, 2.24) is 0 Å². The Morgan fingerprint density at radius 3 is 2.19 bits per heavy atom. The molecule has 0 spiro atoms. The summed E-state index contributed by atoms with van der Waals surface area (Å²) in [6.07, 6.45) is 0.564. The van der Waals surface area contributed by atoms with Crippen molar-refractivity contribution in [3.8, 4) is 0 Å². The Balaban J connectivity index is 2.07. The zero-order valence-electron chi connectivity index (χ0n) is 17.5. The highest BCUT2D eigenvalue weighted by Crippen LogP contribution is 2.43. The zero-order valence-corrected chi connectivity index (χ0v) is 19.1. The van der Waals surface area contributed by atoms with Gasteiger partial charge in [0.1, 0.15) is 6.54 Å². The first-order valence-corrected chi connectivity index (χ1v) is 12.8. The highest BCUT2D eigenvalue weighted by Gasteiger charge is 2.47. The van der Waals surface area contributed by atoms with E-state index in [-0.39, 0.29) is 23.4 Å². The summed E-state index contributed by atoms with van der Waals surface area (Å²) >= 11 is 0. The van der Waals surface area contributed by atoms with Crippen LogP contribution in [0.5, 0.6) is 0 Å². The summed E-state index contributed by atoms with van der Waals surface area (Å²) < 4.78 is 66.2. The van der Waals surface area contributed by atoms with Crippen LogP contribution in [0.3, 0.4) is 0 Å². The van der Waals surface area contributed by atoms with Crippen LogP contribution in [0.2, 0.25) is 0 Å². The van der Waals surface area contributed by atoms with Gasteiger partial charge >= 0.3 is 5.97 Å². The molecule has 2 aromatic rings. The molecule has 3 rings (SSSR count). The minimum Gasteiger partial charge on any atom is -0.478 e. The average molecular weight is 483 g/mol. The second-order valence-corrected chi connectivity index (χ2v) is 11.0. The fraction of sp³-hybridized carbons (Fsp3) is 0.333. The Bertz CT molecular complexity index is 1310. The minimum absolute atomic E-state index is 0.145. The first-order valence-electron chi connectivity index (χ1n) is 9.73. The van der Waals surface area contributed by atoms with E-state index in [4.69, 9.17) is 9.66 Å². The van der Waals surface area contributed by atoms with Crippen molar-refractivity contribution in [2.75, 3.05) is 12.3 Å². The summed E-state index contributed by atoms with van der Waals surface area (Å²) in [7, 11) is -8.56. The number of carbonyl (C=O) groups is 1. The number of benzene rings is 2. The summed E-state index contributed by atoms with van der Waals surface area (Å²) in [5.74, 6) is -1.46. The predicted molar refractivity (Wildman–Crippen MR) is 117 cm³/mol. The third-order valence-corrected chi connectivity index (χ3v) is 7.55. The van der Waals surface area contributed by atoms with Gasteiger partial charge in [0.15, 0.2) is 5.71 Å². The van der Waals surface area contributed by atoms with Crippen molar-refractivity contribution in [3.63, 3.8) is 0 Å². The van der Waals surface area contributed by atoms with Crippen molar-refractivity contribution in [2.24, 2.45) is 0 Å². The standard InChI is InChI=1S/C21H23NO8S2/c1-14-21(2,13-15-4-6-16(7-5-15)20(23)24)18-12-17(32(28,29)30)8-9-19(18)22(14)10-3-11-31(25,26)27/h4-9,12H,3,10-11,13H2,1-2H3,(H2-,23,24,25,26,27,28,29,30)/p+1. The number of fused-ring (bicyclic) bond motifs is 1. The molecule has 9 nitrogen and oxygen atoms in total. The molecule has 1 atom stereocenters. The summed E-state index contributed by atoms with van der Waals surface area (Å²) in [6, 6.07) is 10.6. The number of nitrogens with zero attached hydrogens (tertiary/aromatic N) is 1. The van der Waals surface area contributed by atoms with Gasteiger partial charge in [0.2, 0.25) is 5.69 Å². The fourth-order valence-corrected chi connectivity index (χ4v) is 5.12. The molecule has 1 unspecified atom stereocenters. The van der Waals surface area contributed by atoms with Crippen molar-refractivity contribution < 1.29 is 40.4 Å². The van der Waals surface area contributed by atoms with Gasteiger partial charge in [-0.3, -0.25) is 9.11 Å². The molecule has 11 heteroatoms. The fourth-order valence-electron chi connectivity index (χ4n) is 4.12. The van der Waals surface area contributed by atoms with Crippen LogP contribution >= 0.6 is 0 Å². The number of carboxylic acids is 1. The molecular weight excluding hydrogens is 458 g/mol. The van der Waals surface area contributed by atoms with Crippen LogP contribution in [0.4, 0.5) is 5.69 Å².